The number of nitrogens with one attached hydrogen (secondary N) is 1. The van der Waals surface area contributed by atoms with Crippen molar-refractivity contribution in [2.24, 2.45) is 0 Å². The van der Waals surface area contributed by atoms with Crippen LogP contribution in [0.5, 0.6) is 0 Å². The molecular formula is C11H14N4OS2. The Hall–Kier alpha value is -1.05. The number of aromatic nitrogens is 3. The summed E-state index contributed by atoms with van der Waals surface area (Å²) in [7, 11) is 1.70. The topological polar surface area (TPSA) is 52.0 Å². The van der Waals surface area contributed by atoms with Gasteiger partial charge in [-0.3, -0.25) is 0 Å². The van der Waals surface area contributed by atoms with Crippen molar-refractivity contribution in [3.8, 4) is 0 Å². The molecule has 0 amide bonds. The molecule has 5 nitrogen and oxygen atoms in total. The van der Waals surface area contributed by atoms with Crippen molar-refractivity contribution in [3.63, 3.8) is 0 Å². The number of ether oxygens (including phenoxy) is 1. The second-order valence-electron chi connectivity index (χ2n) is 3.99. The molecule has 0 fully saturated rings. The van der Waals surface area contributed by atoms with Crippen LogP contribution in [-0.4, -0.2) is 34.3 Å². The summed E-state index contributed by atoms with van der Waals surface area (Å²) in [6, 6.07) is 4.58. The zero-order chi connectivity index (χ0) is 12.4. The van der Waals surface area contributed by atoms with Gasteiger partial charge in [-0.1, -0.05) is 17.8 Å². The van der Waals surface area contributed by atoms with Gasteiger partial charge in [-0.2, -0.15) is 0 Å². The lowest BCUT2D eigenvalue weighted by atomic mass is 10.3. The monoisotopic (exact) mass is 282 g/mol. The summed E-state index contributed by atoms with van der Waals surface area (Å²) in [6.45, 7) is 0.661. The molecular weight excluding hydrogens is 268 g/mol. The zero-order valence-corrected chi connectivity index (χ0v) is 11.6. The van der Waals surface area contributed by atoms with Gasteiger partial charge in [-0.05, 0) is 11.4 Å². The molecule has 0 aromatic carbocycles. The van der Waals surface area contributed by atoms with Gasteiger partial charge in [0.05, 0.1) is 12.6 Å². The van der Waals surface area contributed by atoms with Crippen LogP contribution in [0.3, 0.4) is 0 Å². The van der Waals surface area contributed by atoms with Gasteiger partial charge < -0.3 is 10.2 Å². The molecule has 0 bridgehead atoms. The third kappa shape index (κ3) is 2.25. The Kier molecular flexibility index (Phi) is 3.53. The largest absolute Gasteiger partial charge is 0.384 e. The number of thioether (sulfide) groups is 1. The minimum Gasteiger partial charge on any atom is -0.384 e. The lowest BCUT2D eigenvalue weighted by molar-refractivity contribution is 0.199. The molecule has 1 atom stereocenters. The van der Waals surface area contributed by atoms with Gasteiger partial charge in [0.2, 0.25) is 5.16 Å². The Morgan fingerprint density at radius 3 is 3.28 bits per heavy atom. The van der Waals surface area contributed by atoms with Crippen LogP contribution >= 0.6 is 23.1 Å². The summed E-state index contributed by atoms with van der Waals surface area (Å²) in [4.78, 5) is 1.35. The van der Waals surface area contributed by atoms with E-state index in [-0.39, 0.29) is 0 Å². The van der Waals surface area contributed by atoms with E-state index < -0.39 is 0 Å². The van der Waals surface area contributed by atoms with E-state index >= 15 is 0 Å². The summed E-state index contributed by atoms with van der Waals surface area (Å²) in [5, 5.41) is 11.4. The van der Waals surface area contributed by atoms with Crippen LogP contribution in [0.1, 0.15) is 16.7 Å². The second kappa shape index (κ2) is 5.29. The van der Waals surface area contributed by atoms with E-state index in [1.54, 1.807) is 30.2 Å². The molecule has 2 aromatic heterocycles. The minimum absolute atomic E-state index is 0.333. The maximum atomic E-state index is 5.09. The molecule has 7 heteroatoms. The number of thiophene rings is 1. The predicted octanol–water partition coefficient (Wildman–Crippen LogP) is 1.92. The fourth-order valence-corrected chi connectivity index (χ4v) is 3.70. The first-order chi connectivity index (χ1) is 8.88. The van der Waals surface area contributed by atoms with E-state index in [0.29, 0.717) is 12.6 Å². The summed E-state index contributed by atoms with van der Waals surface area (Å²) in [5.41, 5.74) is 3.48. The first-order valence-electron chi connectivity index (χ1n) is 5.74. The van der Waals surface area contributed by atoms with Crippen molar-refractivity contribution in [1.29, 1.82) is 0 Å². The normalized spacial score (nSPS) is 18.4. The Bertz CT molecular complexity index is 511. The molecule has 3 heterocycles. The summed E-state index contributed by atoms with van der Waals surface area (Å²) in [6.07, 6.45) is 0.772. The average Bonchev–Trinajstić information content (AvgIpc) is 3.05. The highest BCUT2D eigenvalue weighted by Gasteiger charge is 2.24. The third-order valence-electron chi connectivity index (χ3n) is 2.78. The third-order valence-corrected chi connectivity index (χ3v) is 4.79. The van der Waals surface area contributed by atoms with E-state index in [1.807, 2.05) is 4.68 Å². The molecule has 0 saturated carbocycles. The highest BCUT2D eigenvalue weighted by molar-refractivity contribution is 7.99. The Morgan fingerprint density at radius 2 is 2.50 bits per heavy atom. The molecule has 0 aliphatic carbocycles. The quantitative estimate of drug-likeness (QED) is 0.928. The highest BCUT2D eigenvalue weighted by Crippen LogP contribution is 2.31. The van der Waals surface area contributed by atoms with Crippen molar-refractivity contribution < 1.29 is 4.74 Å². The molecule has 0 saturated heterocycles. The van der Waals surface area contributed by atoms with E-state index in [2.05, 4.69) is 33.1 Å². The summed E-state index contributed by atoms with van der Waals surface area (Å²) in [5.74, 6) is 1.92. The number of methoxy groups -OCH3 is 1. The zero-order valence-electron chi connectivity index (χ0n) is 10.00. The smallest absolute Gasteiger partial charge is 0.210 e. The van der Waals surface area contributed by atoms with Crippen molar-refractivity contribution in [1.82, 2.24) is 14.9 Å². The van der Waals surface area contributed by atoms with Gasteiger partial charge in [0.25, 0.3) is 0 Å². The minimum atomic E-state index is 0.333. The molecule has 0 spiro atoms. The number of rotatable bonds is 4. The van der Waals surface area contributed by atoms with E-state index in [1.165, 1.54) is 4.88 Å². The van der Waals surface area contributed by atoms with Gasteiger partial charge in [-0.15, -0.1) is 21.5 Å². The van der Waals surface area contributed by atoms with Gasteiger partial charge in [0.1, 0.15) is 0 Å². The van der Waals surface area contributed by atoms with Crippen LogP contribution in [0.15, 0.2) is 22.7 Å². The van der Waals surface area contributed by atoms with Crippen molar-refractivity contribution >= 4 is 23.1 Å². The number of nitrogens with zero attached hydrogens (tertiary/aromatic N) is 3. The van der Waals surface area contributed by atoms with Crippen LogP contribution in [0.4, 0.5) is 0 Å². The number of fused-ring (bicyclic) bond motifs is 1. The van der Waals surface area contributed by atoms with Gasteiger partial charge in [0, 0.05) is 24.2 Å². The first kappa shape index (κ1) is 12.0. The van der Waals surface area contributed by atoms with Crippen molar-refractivity contribution in [2.75, 3.05) is 24.9 Å². The van der Waals surface area contributed by atoms with Crippen LogP contribution in [0.2, 0.25) is 0 Å². The lowest BCUT2D eigenvalue weighted by Gasteiger charge is -2.25. The molecule has 1 N–H and O–H groups in total. The Labute approximate surface area is 114 Å². The lowest BCUT2D eigenvalue weighted by Crippen LogP contribution is -2.28. The number of hydrogen-bond acceptors (Lipinski definition) is 6. The standard InChI is InChI=1S/C11H14N4OS2/c1-16-5-4-10-12-13-11-15(10)14-8(7-18-11)9-3-2-6-17-9/h2-3,6,8,14H,4-5,7H2,1H3. The van der Waals surface area contributed by atoms with Crippen molar-refractivity contribution in [3.05, 3.63) is 28.2 Å². The van der Waals surface area contributed by atoms with E-state index in [9.17, 15) is 0 Å². The fourth-order valence-electron chi connectivity index (χ4n) is 1.86. The maximum Gasteiger partial charge on any atom is 0.210 e. The first-order valence-corrected chi connectivity index (χ1v) is 7.61. The van der Waals surface area contributed by atoms with Crippen LogP contribution in [0, 0.1) is 0 Å². The second-order valence-corrected chi connectivity index (χ2v) is 5.95. The maximum absolute atomic E-state index is 5.09. The molecule has 18 heavy (non-hydrogen) atoms. The van der Waals surface area contributed by atoms with Crippen LogP contribution in [-0.2, 0) is 11.2 Å². The Morgan fingerprint density at radius 1 is 1.56 bits per heavy atom. The van der Waals surface area contributed by atoms with E-state index in [0.717, 1.165) is 23.2 Å². The molecule has 0 radical (unpaired) electrons. The molecule has 1 unspecified atom stereocenters. The average molecular weight is 282 g/mol. The van der Waals surface area contributed by atoms with Crippen LogP contribution in [0.25, 0.3) is 0 Å². The summed E-state index contributed by atoms with van der Waals surface area (Å²) < 4.78 is 7.09. The molecule has 1 aliphatic heterocycles. The van der Waals surface area contributed by atoms with Gasteiger partial charge in [-0.25, -0.2) is 4.68 Å². The summed E-state index contributed by atoms with van der Waals surface area (Å²) >= 11 is 3.52. The molecule has 1 aliphatic rings. The van der Waals surface area contributed by atoms with Gasteiger partial charge in [0.15, 0.2) is 5.82 Å². The number of hydrogen-bond donors (Lipinski definition) is 1. The molecule has 3 rings (SSSR count). The van der Waals surface area contributed by atoms with Crippen LogP contribution < -0.4 is 5.43 Å². The highest BCUT2D eigenvalue weighted by atomic mass is 32.2. The van der Waals surface area contributed by atoms with E-state index in [4.69, 9.17) is 4.74 Å². The SMILES string of the molecule is COCCc1nnc2n1NC(c1cccs1)CS2. The van der Waals surface area contributed by atoms with Crippen molar-refractivity contribution in [2.45, 2.75) is 17.6 Å². The fraction of sp³-hybridized carbons (Fsp3) is 0.455. The molecule has 2 aromatic rings. The Balaban J connectivity index is 1.80. The predicted molar refractivity (Wildman–Crippen MR) is 72.7 cm³/mol. The molecule has 96 valence electrons. The van der Waals surface area contributed by atoms with Gasteiger partial charge >= 0.3 is 0 Å².